The van der Waals surface area contributed by atoms with Gasteiger partial charge in [-0.2, -0.15) is 0 Å². The van der Waals surface area contributed by atoms with Crippen LogP contribution in [0, 0.1) is 0 Å². The molecule has 4 heteroatoms. The molecule has 2 heterocycles. The topological polar surface area (TPSA) is 56.7 Å². The van der Waals surface area contributed by atoms with Crippen LogP contribution in [0.4, 0.5) is 0 Å². The first kappa shape index (κ1) is 15.0. The van der Waals surface area contributed by atoms with E-state index in [0.29, 0.717) is 12.0 Å². The number of nitrogens with zero attached hydrogens (tertiary/aromatic N) is 3. The molecule has 0 fully saturated rings. The lowest BCUT2D eigenvalue weighted by atomic mass is 10.0. The molecule has 2 atom stereocenters. The predicted octanol–water partition coefficient (Wildman–Crippen LogP) is 3.46. The van der Waals surface area contributed by atoms with Crippen molar-refractivity contribution in [1.29, 1.82) is 0 Å². The average molecular weight is 274 g/mol. The summed E-state index contributed by atoms with van der Waals surface area (Å²) in [5.41, 5.74) is 8.04. The number of pyridine rings is 1. The van der Waals surface area contributed by atoms with Gasteiger partial charge in [-0.1, -0.05) is 20.3 Å². The molecule has 0 aromatic carbocycles. The number of aromatic nitrogens is 3. The number of imidazole rings is 1. The molecule has 0 aliphatic rings. The first-order valence-corrected chi connectivity index (χ1v) is 7.69. The number of aryl methyl sites for hydroxylation is 1. The van der Waals surface area contributed by atoms with Gasteiger partial charge in [0.15, 0.2) is 0 Å². The van der Waals surface area contributed by atoms with Gasteiger partial charge in [0.2, 0.25) is 0 Å². The molecule has 0 aliphatic heterocycles. The Morgan fingerprint density at radius 2 is 2.10 bits per heavy atom. The SMILES string of the molecule is CCCn1c(C(C)CCCC(C)N)nc2cnccc21. The van der Waals surface area contributed by atoms with E-state index in [1.165, 1.54) is 11.3 Å². The molecule has 0 spiro atoms. The number of hydrogen-bond acceptors (Lipinski definition) is 3. The van der Waals surface area contributed by atoms with Crippen molar-refractivity contribution in [3.63, 3.8) is 0 Å². The van der Waals surface area contributed by atoms with Crippen LogP contribution >= 0.6 is 0 Å². The highest BCUT2D eigenvalue weighted by atomic mass is 15.1. The second-order valence-electron chi connectivity index (χ2n) is 5.80. The molecule has 2 rings (SSSR count). The van der Waals surface area contributed by atoms with Crippen molar-refractivity contribution in [3.05, 3.63) is 24.3 Å². The van der Waals surface area contributed by atoms with Gasteiger partial charge in [0.05, 0.1) is 11.7 Å². The van der Waals surface area contributed by atoms with Crippen molar-refractivity contribution in [2.45, 2.75) is 65.0 Å². The van der Waals surface area contributed by atoms with Crippen LogP contribution in [0.25, 0.3) is 11.0 Å². The van der Waals surface area contributed by atoms with Crippen LogP contribution in [0.2, 0.25) is 0 Å². The number of nitrogens with two attached hydrogens (primary N) is 1. The molecular weight excluding hydrogens is 248 g/mol. The Kier molecular flexibility index (Phi) is 5.12. The van der Waals surface area contributed by atoms with Crippen molar-refractivity contribution in [3.8, 4) is 0 Å². The fourth-order valence-electron chi connectivity index (χ4n) is 2.71. The van der Waals surface area contributed by atoms with E-state index in [0.717, 1.165) is 37.7 Å². The summed E-state index contributed by atoms with van der Waals surface area (Å²) in [7, 11) is 0. The molecule has 0 bridgehead atoms. The summed E-state index contributed by atoms with van der Waals surface area (Å²) < 4.78 is 2.35. The number of hydrogen-bond donors (Lipinski definition) is 1. The zero-order valence-corrected chi connectivity index (χ0v) is 12.8. The third-order valence-electron chi connectivity index (χ3n) is 3.76. The zero-order chi connectivity index (χ0) is 14.5. The van der Waals surface area contributed by atoms with Crippen LogP contribution in [0.1, 0.15) is 58.2 Å². The van der Waals surface area contributed by atoms with Crippen LogP contribution in [-0.4, -0.2) is 20.6 Å². The van der Waals surface area contributed by atoms with Crippen LogP contribution < -0.4 is 5.73 Å². The highest BCUT2D eigenvalue weighted by Crippen LogP contribution is 2.25. The van der Waals surface area contributed by atoms with Gasteiger partial charge in [0.25, 0.3) is 0 Å². The van der Waals surface area contributed by atoms with Crippen LogP contribution in [0.5, 0.6) is 0 Å². The minimum atomic E-state index is 0.292. The molecule has 110 valence electrons. The average Bonchev–Trinajstić information content (AvgIpc) is 2.78. The van der Waals surface area contributed by atoms with Crippen LogP contribution in [-0.2, 0) is 6.54 Å². The van der Waals surface area contributed by atoms with Crippen molar-refractivity contribution in [1.82, 2.24) is 14.5 Å². The van der Waals surface area contributed by atoms with Gasteiger partial charge in [0, 0.05) is 24.7 Å². The Balaban J connectivity index is 2.21. The predicted molar refractivity (Wildman–Crippen MR) is 83.7 cm³/mol. The molecule has 2 aromatic heterocycles. The molecule has 2 aromatic rings. The van der Waals surface area contributed by atoms with Gasteiger partial charge in [-0.15, -0.1) is 0 Å². The summed E-state index contributed by atoms with van der Waals surface area (Å²) in [5.74, 6) is 1.66. The van der Waals surface area contributed by atoms with E-state index >= 15 is 0 Å². The quantitative estimate of drug-likeness (QED) is 0.841. The summed E-state index contributed by atoms with van der Waals surface area (Å²) in [6.45, 7) is 7.57. The van der Waals surface area contributed by atoms with E-state index < -0.39 is 0 Å². The maximum absolute atomic E-state index is 5.83. The second kappa shape index (κ2) is 6.84. The largest absolute Gasteiger partial charge is 0.328 e. The maximum atomic E-state index is 5.83. The summed E-state index contributed by atoms with van der Waals surface area (Å²) in [6.07, 6.45) is 8.21. The minimum Gasteiger partial charge on any atom is -0.328 e. The summed E-state index contributed by atoms with van der Waals surface area (Å²) >= 11 is 0. The fraction of sp³-hybridized carbons (Fsp3) is 0.625. The van der Waals surface area contributed by atoms with Gasteiger partial charge < -0.3 is 10.3 Å². The monoisotopic (exact) mass is 274 g/mol. The lowest BCUT2D eigenvalue weighted by Gasteiger charge is -2.14. The minimum absolute atomic E-state index is 0.292. The highest BCUT2D eigenvalue weighted by Gasteiger charge is 2.16. The smallest absolute Gasteiger partial charge is 0.112 e. The first-order valence-electron chi connectivity index (χ1n) is 7.69. The third-order valence-corrected chi connectivity index (χ3v) is 3.76. The molecule has 20 heavy (non-hydrogen) atoms. The zero-order valence-electron chi connectivity index (χ0n) is 12.8. The van der Waals surface area contributed by atoms with E-state index in [2.05, 4.69) is 36.4 Å². The van der Waals surface area contributed by atoms with E-state index in [-0.39, 0.29) is 0 Å². The summed E-state index contributed by atoms with van der Waals surface area (Å²) in [5, 5.41) is 0. The van der Waals surface area contributed by atoms with Gasteiger partial charge in [-0.25, -0.2) is 4.98 Å². The molecule has 0 radical (unpaired) electrons. The number of rotatable bonds is 7. The van der Waals surface area contributed by atoms with Gasteiger partial charge in [0.1, 0.15) is 11.3 Å². The van der Waals surface area contributed by atoms with Crippen molar-refractivity contribution < 1.29 is 0 Å². The Hall–Kier alpha value is -1.42. The summed E-state index contributed by atoms with van der Waals surface area (Å²) in [6, 6.07) is 2.36. The molecule has 2 N–H and O–H groups in total. The van der Waals surface area contributed by atoms with Gasteiger partial charge in [-0.05, 0) is 32.3 Å². The molecular formula is C16H26N4. The Morgan fingerprint density at radius 3 is 2.80 bits per heavy atom. The van der Waals surface area contributed by atoms with Gasteiger partial charge in [-0.3, -0.25) is 4.98 Å². The van der Waals surface area contributed by atoms with E-state index in [4.69, 9.17) is 10.7 Å². The Labute approximate surface area is 121 Å². The molecule has 0 saturated heterocycles. The molecule has 2 unspecified atom stereocenters. The van der Waals surface area contributed by atoms with Crippen molar-refractivity contribution >= 4 is 11.0 Å². The van der Waals surface area contributed by atoms with E-state index in [1.807, 2.05) is 12.4 Å². The molecule has 0 amide bonds. The highest BCUT2D eigenvalue weighted by molar-refractivity contribution is 5.74. The standard InChI is InChI=1S/C16H26N4/c1-4-10-20-15-8-9-18-11-14(15)19-16(20)12(2)6-5-7-13(3)17/h8-9,11-13H,4-7,10,17H2,1-3H3. The van der Waals surface area contributed by atoms with Crippen LogP contribution in [0.3, 0.4) is 0 Å². The van der Waals surface area contributed by atoms with Crippen molar-refractivity contribution in [2.75, 3.05) is 0 Å². The van der Waals surface area contributed by atoms with E-state index in [1.54, 1.807) is 0 Å². The maximum Gasteiger partial charge on any atom is 0.112 e. The van der Waals surface area contributed by atoms with E-state index in [9.17, 15) is 0 Å². The molecule has 0 aliphatic carbocycles. The fourth-order valence-corrected chi connectivity index (χ4v) is 2.71. The molecule has 0 saturated carbocycles. The van der Waals surface area contributed by atoms with Crippen LogP contribution in [0.15, 0.2) is 18.5 Å². The molecule has 4 nitrogen and oxygen atoms in total. The Morgan fingerprint density at radius 1 is 1.30 bits per heavy atom. The lowest BCUT2D eigenvalue weighted by molar-refractivity contribution is 0.522. The lowest BCUT2D eigenvalue weighted by Crippen LogP contribution is -2.15. The summed E-state index contributed by atoms with van der Waals surface area (Å²) in [4.78, 5) is 8.98. The Bertz CT molecular complexity index is 544. The normalized spacial score (nSPS) is 14.6. The number of fused-ring (bicyclic) bond motifs is 1. The second-order valence-corrected chi connectivity index (χ2v) is 5.80. The van der Waals surface area contributed by atoms with Gasteiger partial charge >= 0.3 is 0 Å². The third kappa shape index (κ3) is 3.37. The van der Waals surface area contributed by atoms with Crippen molar-refractivity contribution in [2.24, 2.45) is 5.73 Å². The first-order chi connectivity index (χ1) is 9.63.